The fourth-order valence-corrected chi connectivity index (χ4v) is 3.55. The number of halogens is 1. The standard InChI is InChI=1S/C21H26ClN3O/c1-3-17-8-10-18(11-9-17)23-21(26)16(2)24-12-14-25(15-13-24)20-7-5-4-6-19(20)22/h4-11,16H,3,12-15H2,1-2H3,(H,23,26). The van der Waals surface area contributed by atoms with Crippen molar-refractivity contribution in [2.45, 2.75) is 26.3 Å². The maximum absolute atomic E-state index is 12.6. The molecule has 1 unspecified atom stereocenters. The average molecular weight is 372 g/mol. The Kier molecular flexibility index (Phi) is 6.17. The van der Waals surface area contributed by atoms with Gasteiger partial charge < -0.3 is 10.2 Å². The third-order valence-electron chi connectivity index (χ3n) is 5.06. The first-order chi connectivity index (χ1) is 12.6. The number of hydrogen-bond acceptors (Lipinski definition) is 3. The molecule has 1 saturated heterocycles. The number of carbonyl (C=O) groups is 1. The van der Waals surface area contributed by atoms with Crippen molar-refractivity contribution in [2.24, 2.45) is 0 Å². The molecule has 0 aliphatic carbocycles. The van der Waals surface area contributed by atoms with E-state index in [1.807, 2.05) is 43.3 Å². The molecule has 4 nitrogen and oxygen atoms in total. The summed E-state index contributed by atoms with van der Waals surface area (Å²) in [5.41, 5.74) is 3.20. The van der Waals surface area contributed by atoms with Gasteiger partial charge in [0.1, 0.15) is 0 Å². The molecule has 5 heteroatoms. The Morgan fingerprint density at radius 2 is 1.73 bits per heavy atom. The zero-order chi connectivity index (χ0) is 18.5. The summed E-state index contributed by atoms with van der Waals surface area (Å²) >= 11 is 6.30. The zero-order valence-electron chi connectivity index (χ0n) is 15.4. The Morgan fingerprint density at radius 3 is 2.35 bits per heavy atom. The highest BCUT2D eigenvalue weighted by molar-refractivity contribution is 6.33. The van der Waals surface area contributed by atoms with Gasteiger partial charge in [-0.1, -0.05) is 42.8 Å². The van der Waals surface area contributed by atoms with Crippen LogP contribution in [0.5, 0.6) is 0 Å². The highest BCUT2D eigenvalue weighted by Crippen LogP contribution is 2.26. The maximum atomic E-state index is 12.6. The SMILES string of the molecule is CCc1ccc(NC(=O)C(C)N2CCN(c3ccccc3Cl)CC2)cc1. The summed E-state index contributed by atoms with van der Waals surface area (Å²) in [5, 5.41) is 3.81. The molecule has 0 spiro atoms. The minimum absolute atomic E-state index is 0.0421. The fraction of sp³-hybridized carbons (Fsp3) is 0.381. The van der Waals surface area contributed by atoms with Crippen molar-refractivity contribution in [3.8, 4) is 0 Å². The summed E-state index contributed by atoms with van der Waals surface area (Å²) in [4.78, 5) is 17.1. The van der Waals surface area contributed by atoms with Crippen LogP contribution in [0.3, 0.4) is 0 Å². The number of piperazine rings is 1. The first-order valence-electron chi connectivity index (χ1n) is 9.22. The Hall–Kier alpha value is -2.04. The van der Waals surface area contributed by atoms with Gasteiger partial charge in [-0.3, -0.25) is 9.69 Å². The van der Waals surface area contributed by atoms with Gasteiger partial charge in [-0.05, 0) is 43.2 Å². The molecule has 0 bridgehead atoms. The van der Waals surface area contributed by atoms with Gasteiger partial charge in [0.05, 0.1) is 16.8 Å². The van der Waals surface area contributed by atoms with E-state index in [9.17, 15) is 4.79 Å². The first-order valence-corrected chi connectivity index (χ1v) is 9.59. The molecule has 1 amide bonds. The summed E-state index contributed by atoms with van der Waals surface area (Å²) in [6, 6.07) is 15.8. The van der Waals surface area contributed by atoms with E-state index in [1.54, 1.807) is 0 Å². The van der Waals surface area contributed by atoms with Crippen molar-refractivity contribution in [1.82, 2.24) is 4.90 Å². The van der Waals surface area contributed by atoms with Crippen molar-refractivity contribution in [2.75, 3.05) is 36.4 Å². The van der Waals surface area contributed by atoms with Gasteiger partial charge in [0, 0.05) is 31.9 Å². The molecule has 2 aromatic carbocycles. The van der Waals surface area contributed by atoms with E-state index in [2.05, 4.69) is 34.2 Å². The van der Waals surface area contributed by atoms with Gasteiger partial charge in [-0.15, -0.1) is 0 Å². The lowest BCUT2D eigenvalue weighted by molar-refractivity contribution is -0.120. The van der Waals surface area contributed by atoms with Crippen molar-refractivity contribution >= 4 is 28.9 Å². The van der Waals surface area contributed by atoms with Crippen LogP contribution in [-0.2, 0) is 11.2 Å². The molecule has 0 aromatic heterocycles. The molecule has 26 heavy (non-hydrogen) atoms. The van der Waals surface area contributed by atoms with Crippen LogP contribution in [-0.4, -0.2) is 43.0 Å². The van der Waals surface area contributed by atoms with Crippen LogP contribution >= 0.6 is 11.6 Å². The molecule has 1 aliphatic heterocycles. The quantitative estimate of drug-likeness (QED) is 0.861. The van der Waals surface area contributed by atoms with E-state index in [0.29, 0.717) is 0 Å². The largest absolute Gasteiger partial charge is 0.368 e. The Bertz CT molecular complexity index is 739. The van der Waals surface area contributed by atoms with Crippen molar-refractivity contribution in [3.63, 3.8) is 0 Å². The Morgan fingerprint density at radius 1 is 1.08 bits per heavy atom. The lowest BCUT2D eigenvalue weighted by Gasteiger charge is -2.38. The Labute approximate surface area is 160 Å². The van der Waals surface area contributed by atoms with Gasteiger partial charge in [-0.25, -0.2) is 0 Å². The third kappa shape index (κ3) is 4.37. The molecule has 138 valence electrons. The van der Waals surface area contributed by atoms with E-state index in [0.717, 1.165) is 49.0 Å². The zero-order valence-corrected chi connectivity index (χ0v) is 16.2. The number of carbonyl (C=O) groups excluding carboxylic acids is 1. The Balaban J connectivity index is 1.54. The van der Waals surface area contributed by atoms with Crippen LogP contribution in [0.1, 0.15) is 19.4 Å². The molecule has 1 atom stereocenters. The smallest absolute Gasteiger partial charge is 0.241 e. The summed E-state index contributed by atoms with van der Waals surface area (Å²) in [6.07, 6.45) is 1.00. The monoisotopic (exact) mass is 371 g/mol. The van der Waals surface area contributed by atoms with Crippen molar-refractivity contribution in [3.05, 3.63) is 59.1 Å². The lowest BCUT2D eigenvalue weighted by Crippen LogP contribution is -2.52. The van der Waals surface area contributed by atoms with Crippen LogP contribution in [0.2, 0.25) is 5.02 Å². The number of nitrogens with zero attached hydrogens (tertiary/aromatic N) is 2. The van der Waals surface area contributed by atoms with E-state index >= 15 is 0 Å². The van der Waals surface area contributed by atoms with E-state index < -0.39 is 0 Å². The molecule has 3 rings (SSSR count). The molecular weight excluding hydrogens is 346 g/mol. The second kappa shape index (κ2) is 8.56. The van der Waals surface area contributed by atoms with Crippen LogP contribution in [0.4, 0.5) is 11.4 Å². The average Bonchev–Trinajstić information content (AvgIpc) is 2.68. The van der Waals surface area contributed by atoms with Crippen LogP contribution < -0.4 is 10.2 Å². The number of aryl methyl sites for hydroxylation is 1. The molecule has 1 N–H and O–H groups in total. The number of anilines is 2. The number of rotatable bonds is 5. The number of para-hydroxylation sites is 1. The van der Waals surface area contributed by atoms with Gasteiger partial charge in [0.25, 0.3) is 0 Å². The summed E-state index contributed by atoms with van der Waals surface area (Å²) in [7, 11) is 0. The summed E-state index contributed by atoms with van der Waals surface area (Å²) in [5.74, 6) is 0.0421. The molecular formula is C21H26ClN3O. The molecule has 1 aliphatic rings. The number of benzene rings is 2. The predicted octanol–water partition coefficient (Wildman–Crippen LogP) is 4.05. The van der Waals surface area contributed by atoms with E-state index in [1.165, 1.54) is 5.56 Å². The fourth-order valence-electron chi connectivity index (χ4n) is 3.29. The minimum atomic E-state index is -0.158. The van der Waals surface area contributed by atoms with Crippen LogP contribution in [0, 0.1) is 0 Å². The van der Waals surface area contributed by atoms with E-state index in [-0.39, 0.29) is 11.9 Å². The normalized spacial score (nSPS) is 16.3. The van der Waals surface area contributed by atoms with Gasteiger partial charge in [0.15, 0.2) is 0 Å². The number of amides is 1. The minimum Gasteiger partial charge on any atom is -0.368 e. The topological polar surface area (TPSA) is 35.6 Å². The second-order valence-electron chi connectivity index (χ2n) is 6.69. The lowest BCUT2D eigenvalue weighted by atomic mass is 10.1. The van der Waals surface area contributed by atoms with Crippen molar-refractivity contribution < 1.29 is 4.79 Å². The van der Waals surface area contributed by atoms with Crippen LogP contribution in [0.25, 0.3) is 0 Å². The number of nitrogens with one attached hydrogen (secondary N) is 1. The van der Waals surface area contributed by atoms with Gasteiger partial charge in [0.2, 0.25) is 5.91 Å². The molecule has 1 fully saturated rings. The third-order valence-corrected chi connectivity index (χ3v) is 5.38. The molecule has 1 heterocycles. The maximum Gasteiger partial charge on any atom is 0.241 e. The van der Waals surface area contributed by atoms with Gasteiger partial charge >= 0.3 is 0 Å². The molecule has 0 radical (unpaired) electrons. The van der Waals surface area contributed by atoms with Crippen molar-refractivity contribution in [1.29, 1.82) is 0 Å². The second-order valence-corrected chi connectivity index (χ2v) is 7.10. The summed E-state index contributed by atoms with van der Waals surface area (Å²) < 4.78 is 0. The number of hydrogen-bond donors (Lipinski definition) is 1. The summed E-state index contributed by atoms with van der Waals surface area (Å²) in [6.45, 7) is 7.51. The highest BCUT2D eigenvalue weighted by Gasteiger charge is 2.26. The molecule has 0 saturated carbocycles. The first kappa shape index (κ1) is 18.7. The predicted molar refractivity (Wildman–Crippen MR) is 109 cm³/mol. The van der Waals surface area contributed by atoms with Crippen LogP contribution in [0.15, 0.2) is 48.5 Å². The highest BCUT2D eigenvalue weighted by atomic mass is 35.5. The van der Waals surface area contributed by atoms with E-state index in [4.69, 9.17) is 11.6 Å². The molecule has 2 aromatic rings. The van der Waals surface area contributed by atoms with Gasteiger partial charge in [-0.2, -0.15) is 0 Å².